The molecule has 0 heterocycles. The van der Waals surface area contributed by atoms with Crippen LogP contribution in [0.1, 0.15) is 10.4 Å². The molecule has 4 N–H and O–H groups in total. The van der Waals surface area contributed by atoms with E-state index in [0.29, 0.717) is 5.69 Å². The quantitative estimate of drug-likeness (QED) is 0.346. The highest BCUT2D eigenvalue weighted by Crippen LogP contribution is 2.20. The fourth-order valence-corrected chi connectivity index (χ4v) is 0.791. The fourth-order valence-electron chi connectivity index (χ4n) is 0.791. The zero-order chi connectivity index (χ0) is 9.14. The van der Waals surface area contributed by atoms with Crippen LogP contribution in [0.3, 0.4) is 0 Å². The lowest BCUT2D eigenvalue weighted by atomic mass is 10.2. The summed E-state index contributed by atoms with van der Waals surface area (Å²) in [6.07, 6.45) is 0. The molecule has 0 aliphatic rings. The summed E-state index contributed by atoms with van der Waals surface area (Å²) in [7, 11) is 0. The molecule has 0 saturated carbocycles. The van der Waals surface area contributed by atoms with Crippen LogP contribution in [0.4, 0.5) is 5.69 Å². The number of nitrogens with two attached hydrogens (primary N) is 1. The van der Waals surface area contributed by atoms with Crippen LogP contribution < -0.4 is 10.6 Å². The van der Waals surface area contributed by atoms with Crippen LogP contribution in [0, 0.1) is 0 Å². The molecular formula is C7H7NO4. The van der Waals surface area contributed by atoms with E-state index >= 15 is 0 Å². The van der Waals surface area contributed by atoms with Crippen LogP contribution in [0.25, 0.3) is 0 Å². The molecule has 5 nitrogen and oxygen atoms in total. The van der Waals surface area contributed by atoms with Crippen molar-refractivity contribution in [1.82, 2.24) is 0 Å². The van der Waals surface area contributed by atoms with Crippen LogP contribution in [0.5, 0.6) is 5.75 Å². The van der Waals surface area contributed by atoms with Gasteiger partial charge < -0.3 is 15.7 Å². The van der Waals surface area contributed by atoms with E-state index in [1.165, 1.54) is 18.2 Å². The molecule has 0 saturated heterocycles. The van der Waals surface area contributed by atoms with Crippen molar-refractivity contribution in [1.29, 1.82) is 0 Å². The van der Waals surface area contributed by atoms with Gasteiger partial charge in [-0.3, -0.25) is 0 Å². The molecule has 0 spiro atoms. The molecule has 1 aromatic carbocycles. The Morgan fingerprint density at radius 2 is 2.17 bits per heavy atom. The van der Waals surface area contributed by atoms with Gasteiger partial charge in [-0.2, -0.15) is 0 Å². The van der Waals surface area contributed by atoms with Gasteiger partial charge in [0.05, 0.1) is 0 Å². The molecule has 0 bridgehead atoms. The zero-order valence-corrected chi connectivity index (χ0v) is 6.02. The first-order valence-corrected chi connectivity index (χ1v) is 3.09. The minimum Gasteiger partial charge on any atom is -0.478 e. The Kier molecular flexibility index (Phi) is 2.16. The van der Waals surface area contributed by atoms with Gasteiger partial charge >= 0.3 is 5.97 Å². The van der Waals surface area contributed by atoms with Gasteiger partial charge in [-0.25, -0.2) is 10.1 Å². The van der Waals surface area contributed by atoms with Gasteiger partial charge in [0.25, 0.3) is 0 Å². The lowest BCUT2D eigenvalue weighted by Crippen LogP contribution is -2.01. The van der Waals surface area contributed by atoms with Gasteiger partial charge in [-0.15, -0.1) is 0 Å². The van der Waals surface area contributed by atoms with Crippen LogP contribution in [-0.2, 0) is 0 Å². The lowest BCUT2D eigenvalue weighted by Gasteiger charge is -2.02. The molecule has 0 unspecified atom stereocenters. The van der Waals surface area contributed by atoms with Crippen LogP contribution >= 0.6 is 0 Å². The number of nitrogen functional groups attached to an aromatic ring is 1. The predicted octanol–water partition coefficient (Wildman–Crippen LogP) is 0.819. The summed E-state index contributed by atoms with van der Waals surface area (Å²) >= 11 is 0. The van der Waals surface area contributed by atoms with E-state index in [0.717, 1.165) is 0 Å². The standard InChI is InChI=1S/C7H7NO4/c8-4-1-2-5(7(9)10)6(3-4)12-11/h1-3,11H,8H2,(H,9,10). The highest BCUT2D eigenvalue weighted by atomic mass is 17.1. The van der Waals surface area contributed by atoms with Crippen molar-refractivity contribution in [3.8, 4) is 5.75 Å². The summed E-state index contributed by atoms with van der Waals surface area (Å²) in [5, 5.41) is 16.8. The van der Waals surface area contributed by atoms with Crippen molar-refractivity contribution in [2.24, 2.45) is 0 Å². The number of anilines is 1. The third-order valence-electron chi connectivity index (χ3n) is 1.33. The number of rotatable bonds is 2. The number of carboxylic acids is 1. The normalized spacial score (nSPS) is 9.42. The maximum atomic E-state index is 10.5. The maximum Gasteiger partial charge on any atom is 0.339 e. The molecule has 0 aromatic heterocycles. The monoisotopic (exact) mass is 169 g/mol. The van der Waals surface area contributed by atoms with E-state index in [4.69, 9.17) is 16.1 Å². The predicted molar refractivity (Wildman–Crippen MR) is 41.1 cm³/mol. The molecule has 12 heavy (non-hydrogen) atoms. The number of carbonyl (C=O) groups is 1. The Hall–Kier alpha value is -1.75. The first-order valence-electron chi connectivity index (χ1n) is 3.09. The molecule has 1 aromatic rings. The van der Waals surface area contributed by atoms with Crippen molar-refractivity contribution in [3.05, 3.63) is 23.8 Å². The molecular weight excluding hydrogens is 162 g/mol. The van der Waals surface area contributed by atoms with Gasteiger partial charge in [0.15, 0.2) is 5.75 Å². The van der Waals surface area contributed by atoms with Crippen molar-refractivity contribution in [2.75, 3.05) is 5.73 Å². The minimum atomic E-state index is -1.18. The van der Waals surface area contributed by atoms with Gasteiger partial charge in [0.1, 0.15) is 5.56 Å². The average molecular weight is 169 g/mol. The lowest BCUT2D eigenvalue weighted by molar-refractivity contribution is -0.138. The Bertz CT molecular complexity index is 310. The SMILES string of the molecule is Nc1ccc(C(=O)O)c(OO)c1. The summed E-state index contributed by atoms with van der Waals surface area (Å²) < 4.78 is 0. The van der Waals surface area contributed by atoms with Crippen LogP contribution in [0.15, 0.2) is 18.2 Å². The average Bonchev–Trinajstić information content (AvgIpc) is 2.03. The van der Waals surface area contributed by atoms with E-state index in [1.807, 2.05) is 0 Å². The number of hydrogen-bond donors (Lipinski definition) is 3. The zero-order valence-electron chi connectivity index (χ0n) is 6.02. The van der Waals surface area contributed by atoms with Gasteiger partial charge in [0.2, 0.25) is 0 Å². The Labute approximate surface area is 67.9 Å². The minimum absolute atomic E-state index is 0.133. The first kappa shape index (κ1) is 8.35. The summed E-state index contributed by atoms with van der Waals surface area (Å²) in [5.74, 6) is -1.35. The first-order chi connectivity index (χ1) is 5.65. The van der Waals surface area contributed by atoms with E-state index in [-0.39, 0.29) is 11.3 Å². The van der Waals surface area contributed by atoms with Gasteiger partial charge in [0, 0.05) is 11.8 Å². The summed E-state index contributed by atoms with van der Waals surface area (Å²) in [6.45, 7) is 0. The van der Waals surface area contributed by atoms with Gasteiger partial charge in [-0.1, -0.05) is 0 Å². The highest BCUT2D eigenvalue weighted by Gasteiger charge is 2.11. The molecule has 1 rings (SSSR count). The van der Waals surface area contributed by atoms with Crippen molar-refractivity contribution in [3.63, 3.8) is 0 Å². The van der Waals surface area contributed by atoms with Crippen molar-refractivity contribution >= 4 is 11.7 Å². The second-order valence-corrected chi connectivity index (χ2v) is 2.15. The molecule has 5 heteroatoms. The maximum absolute atomic E-state index is 10.5. The molecule has 64 valence electrons. The Morgan fingerprint density at radius 3 is 2.67 bits per heavy atom. The number of aromatic carboxylic acids is 1. The van der Waals surface area contributed by atoms with Crippen molar-refractivity contribution in [2.45, 2.75) is 0 Å². The number of hydrogen-bond acceptors (Lipinski definition) is 4. The number of benzene rings is 1. The molecule has 0 radical (unpaired) electrons. The third-order valence-corrected chi connectivity index (χ3v) is 1.33. The van der Waals surface area contributed by atoms with Crippen LogP contribution in [-0.4, -0.2) is 16.3 Å². The van der Waals surface area contributed by atoms with Crippen LogP contribution in [0.2, 0.25) is 0 Å². The Morgan fingerprint density at radius 1 is 1.50 bits per heavy atom. The molecule has 0 fully saturated rings. The highest BCUT2D eigenvalue weighted by molar-refractivity contribution is 5.91. The topological polar surface area (TPSA) is 92.8 Å². The second-order valence-electron chi connectivity index (χ2n) is 2.15. The molecule has 0 amide bonds. The largest absolute Gasteiger partial charge is 0.478 e. The summed E-state index contributed by atoms with van der Waals surface area (Å²) in [6, 6.07) is 3.89. The third kappa shape index (κ3) is 1.46. The Balaban J connectivity index is 3.20. The molecule has 0 aliphatic carbocycles. The second kappa shape index (κ2) is 3.10. The molecule has 0 aliphatic heterocycles. The summed E-state index contributed by atoms with van der Waals surface area (Å²) in [4.78, 5) is 14.3. The van der Waals surface area contributed by atoms with E-state index < -0.39 is 5.97 Å². The summed E-state index contributed by atoms with van der Waals surface area (Å²) in [5.41, 5.74) is 5.51. The van der Waals surface area contributed by atoms with E-state index in [1.54, 1.807) is 0 Å². The molecule has 0 atom stereocenters. The van der Waals surface area contributed by atoms with Gasteiger partial charge in [-0.05, 0) is 12.1 Å². The smallest absolute Gasteiger partial charge is 0.339 e. The van der Waals surface area contributed by atoms with E-state index in [2.05, 4.69) is 4.89 Å². The fraction of sp³-hybridized carbons (Fsp3) is 0. The van der Waals surface area contributed by atoms with Crippen molar-refractivity contribution < 1.29 is 20.0 Å². The van der Waals surface area contributed by atoms with E-state index in [9.17, 15) is 4.79 Å². The number of carboxylic acid groups (broad SMARTS) is 1.